The van der Waals surface area contributed by atoms with Crippen LogP contribution >= 0.6 is 0 Å². The van der Waals surface area contributed by atoms with E-state index in [9.17, 15) is 5.26 Å². The largest absolute Gasteiger partial charge is 0.355 e. The Morgan fingerprint density at radius 2 is 2.13 bits per heavy atom. The van der Waals surface area contributed by atoms with E-state index in [-0.39, 0.29) is 0 Å². The second-order valence-corrected chi connectivity index (χ2v) is 6.65. The van der Waals surface area contributed by atoms with Crippen LogP contribution in [0.2, 0.25) is 0 Å². The Kier molecular flexibility index (Phi) is 3.74. The van der Waals surface area contributed by atoms with Crippen molar-refractivity contribution in [3.05, 3.63) is 42.1 Å². The van der Waals surface area contributed by atoms with Crippen LogP contribution in [-0.4, -0.2) is 27.6 Å². The van der Waals surface area contributed by atoms with Gasteiger partial charge in [0.1, 0.15) is 17.7 Å². The van der Waals surface area contributed by atoms with Crippen LogP contribution in [0.3, 0.4) is 0 Å². The molecule has 1 atom stereocenters. The summed E-state index contributed by atoms with van der Waals surface area (Å²) >= 11 is 0. The van der Waals surface area contributed by atoms with Crippen molar-refractivity contribution in [2.45, 2.75) is 38.1 Å². The molecule has 1 saturated carbocycles. The van der Waals surface area contributed by atoms with Crippen molar-refractivity contribution in [1.29, 1.82) is 5.26 Å². The molecular weight excluding hydrogens is 286 g/mol. The lowest BCUT2D eigenvalue weighted by Crippen LogP contribution is -2.36. The minimum absolute atomic E-state index is 0.422. The fourth-order valence-electron chi connectivity index (χ4n) is 3.53. The molecular formula is C18H21N5. The van der Waals surface area contributed by atoms with Crippen molar-refractivity contribution in [3.63, 3.8) is 0 Å². The van der Waals surface area contributed by atoms with Crippen LogP contribution in [0.15, 0.2) is 30.7 Å². The summed E-state index contributed by atoms with van der Waals surface area (Å²) in [6.45, 7) is 2.97. The lowest BCUT2D eigenvalue weighted by Gasteiger charge is -2.33. The van der Waals surface area contributed by atoms with E-state index >= 15 is 0 Å². The van der Waals surface area contributed by atoms with E-state index in [1.54, 1.807) is 6.20 Å². The van der Waals surface area contributed by atoms with Gasteiger partial charge in [-0.1, -0.05) is 0 Å². The standard InChI is InChI=1S/C18H21N5/c19-11-15-3-1-7-20-17(15)22-9-2-4-16(13-22)18-21-8-10-23(18)12-14-5-6-14/h1,3,7-8,10,14,16H,2,4-6,9,12-13H2. The summed E-state index contributed by atoms with van der Waals surface area (Å²) in [5.41, 5.74) is 0.662. The van der Waals surface area contributed by atoms with E-state index in [0.717, 1.165) is 44.2 Å². The number of hydrogen-bond acceptors (Lipinski definition) is 4. The number of hydrogen-bond donors (Lipinski definition) is 0. The number of imidazole rings is 1. The van der Waals surface area contributed by atoms with Gasteiger partial charge in [0.25, 0.3) is 0 Å². The molecule has 1 aliphatic heterocycles. The third kappa shape index (κ3) is 2.94. The number of pyridine rings is 1. The van der Waals surface area contributed by atoms with Crippen LogP contribution in [0, 0.1) is 17.2 Å². The summed E-state index contributed by atoms with van der Waals surface area (Å²) in [5, 5.41) is 9.32. The van der Waals surface area contributed by atoms with Gasteiger partial charge >= 0.3 is 0 Å². The molecule has 2 aromatic heterocycles. The Morgan fingerprint density at radius 3 is 2.96 bits per heavy atom. The first-order valence-corrected chi connectivity index (χ1v) is 8.46. The second-order valence-electron chi connectivity index (χ2n) is 6.65. The molecule has 2 fully saturated rings. The van der Waals surface area contributed by atoms with Crippen molar-refractivity contribution < 1.29 is 0 Å². The molecule has 1 aliphatic carbocycles. The Hall–Kier alpha value is -2.35. The summed E-state index contributed by atoms with van der Waals surface area (Å²) in [7, 11) is 0. The lowest BCUT2D eigenvalue weighted by atomic mass is 9.96. The fourth-order valence-corrected chi connectivity index (χ4v) is 3.53. The van der Waals surface area contributed by atoms with E-state index in [0.29, 0.717) is 11.5 Å². The normalized spacial score (nSPS) is 21.2. The number of rotatable bonds is 4. The van der Waals surface area contributed by atoms with E-state index in [1.165, 1.54) is 18.7 Å². The summed E-state index contributed by atoms with van der Waals surface area (Å²) in [6.07, 6.45) is 10.8. The van der Waals surface area contributed by atoms with Gasteiger partial charge in [-0.15, -0.1) is 0 Å². The number of nitriles is 1. The lowest BCUT2D eigenvalue weighted by molar-refractivity contribution is 0.461. The maximum atomic E-state index is 9.32. The quantitative estimate of drug-likeness (QED) is 0.871. The predicted molar refractivity (Wildman–Crippen MR) is 88.1 cm³/mol. The van der Waals surface area contributed by atoms with Gasteiger partial charge in [-0.25, -0.2) is 9.97 Å². The van der Waals surface area contributed by atoms with Crippen LogP contribution in [-0.2, 0) is 6.54 Å². The van der Waals surface area contributed by atoms with Gasteiger partial charge in [0.05, 0.1) is 5.56 Å². The fraction of sp³-hybridized carbons (Fsp3) is 0.500. The Bertz CT molecular complexity index is 725. The van der Waals surface area contributed by atoms with Gasteiger partial charge in [-0.3, -0.25) is 0 Å². The van der Waals surface area contributed by atoms with E-state index < -0.39 is 0 Å². The van der Waals surface area contributed by atoms with Crippen molar-refractivity contribution in [3.8, 4) is 6.07 Å². The zero-order valence-corrected chi connectivity index (χ0v) is 13.2. The van der Waals surface area contributed by atoms with Gasteiger partial charge < -0.3 is 9.47 Å². The van der Waals surface area contributed by atoms with Gasteiger partial charge in [-0.2, -0.15) is 5.26 Å². The zero-order valence-electron chi connectivity index (χ0n) is 13.2. The van der Waals surface area contributed by atoms with Crippen LogP contribution in [0.25, 0.3) is 0 Å². The Balaban J connectivity index is 1.55. The van der Waals surface area contributed by atoms with Crippen LogP contribution < -0.4 is 4.90 Å². The SMILES string of the molecule is N#Cc1cccnc1N1CCCC(c2nccn2CC2CC2)C1. The minimum atomic E-state index is 0.422. The van der Waals surface area contributed by atoms with Gasteiger partial charge in [0.2, 0.25) is 0 Å². The van der Waals surface area contributed by atoms with Crippen LogP contribution in [0.4, 0.5) is 5.82 Å². The number of nitrogens with zero attached hydrogens (tertiary/aromatic N) is 5. The maximum absolute atomic E-state index is 9.32. The average molecular weight is 307 g/mol. The molecule has 4 rings (SSSR count). The second kappa shape index (κ2) is 6.04. The molecule has 1 saturated heterocycles. The average Bonchev–Trinajstić information content (AvgIpc) is 3.30. The third-order valence-electron chi connectivity index (χ3n) is 4.89. The minimum Gasteiger partial charge on any atom is -0.355 e. The molecule has 0 bridgehead atoms. The Morgan fingerprint density at radius 1 is 1.22 bits per heavy atom. The molecule has 23 heavy (non-hydrogen) atoms. The zero-order chi connectivity index (χ0) is 15.6. The summed E-state index contributed by atoms with van der Waals surface area (Å²) < 4.78 is 2.34. The first-order chi connectivity index (χ1) is 11.3. The van der Waals surface area contributed by atoms with Crippen molar-refractivity contribution >= 4 is 5.82 Å². The number of anilines is 1. The first kappa shape index (κ1) is 14.3. The molecule has 1 unspecified atom stereocenters. The highest BCUT2D eigenvalue weighted by Gasteiger charge is 2.28. The molecule has 118 valence electrons. The highest BCUT2D eigenvalue weighted by atomic mass is 15.2. The maximum Gasteiger partial charge on any atom is 0.146 e. The van der Waals surface area contributed by atoms with Gasteiger partial charge in [0.15, 0.2) is 0 Å². The molecule has 5 nitrogen and oxygen atoms in total. The van der Waals surface area contributed by atoms with Crippen molar-refractivity contribution in [2.24, 2.45) is 5.92 Å². The number of piperidine rings is 1. The van der Waals surface area contributed by atoms with Crippen molar-refractivity contribution in [2.75, 3.05) is 18.0 Å². The molecule has 0 aromatic carbocycles. The molecule has 3 heterocycles. The molecule has 2 aliphatic rings. The van der Waals surface area contributed by atoms with Gasteiger partial charge in [0, 0.05) is 44.1 Å². The molecule has 0 N–H and O–H groups in total. The molecule has 0 amide bonds. The van der Waals surface area contributed by atoms with Crippen LogP contribution in [0.1, 0.15) is 43.0 Å². The smallest absolute Gasteiger partial charge is 0.146 e. The van der Waals surface area contributed by atoms with Gasteiger partial charge in [-0.05, 0) is 43.7 Å². The highest BCUT2D eigenvalue weighted by Crippen LogP contribution is 2.34. The van der Waals surface area contributed by atoms with E-state index in [4.69, 9.17) is 0 Å². The van der Waals surface area contributed by atoms with Crippen LogP contribution in [0.5, 0.6) is 0 Å². The first-order valence-electron chi connectivity index (χ1n) is 8.46. The van der Waals surface area contributed by atoms with E-state index in [1.807, 2.05) is 18.3 Å². The summed E-state index contributed by atoms with van der Waals surface area (Å²) in [6, 6.07) is 5.94. The summed E-state index contributed by atoms with van der Waals surface area (Å²) in [5.74, 6) is 3.30. The summed E-state index contributed by atoms with van der Waals surface area (Å²) in [4.78, 5) is 11.3. The Labute approximate surface area is 136 Å². The van der Waals surface area contributed by atoms with E-state index in [2.05, 4.69) is 31.7 Å². The topological polar surface area (TPSA) is 57.7 Å². The predicted octanol–water partition coefficient (Wildman–Crippen LogP) is 2.94. The van der Waals surface area contributed by atoms with Crippen molar-refractivity contribution in [1.82, 2.24) is 14.5 Å². The highest BCUT2D eigenvalue weighted by molar-refractivity contribution is 5.53. The molecule has 5 heteroatoms. The number of aromatic nitrogens is 3. The molecule has 0 radical (unpaired) electrons. The molecule has 2 aromatic rings. The molecule has 0 spiro atoms. The monoisotopic (exact) mass is 307 g/mol. The third-order valence-corrected chi connectivity index (χ3v) is 4.89.